The first kappa shape index (κ1) is 16.2. The van der Waals surface area contributed by atoms with Crippen molar-refractivity contribution in [3.63, 3.8) is 0 Å². The van der Waals surface area contributed by atoms with Crippen molar-refractivity contribution in [3.8, 4) is 0 Å². The van der Waals surface area contributed by atoms with Crippen LogP contribution in [0.2, 0.25) is 18.1 Å². The lowest BCUT2D eigenvalue weighted by Gasteiger charge is -2.58. The van der Waals surface area contributed by atoms with E-state index in [1.165, 1.54) is 7.11 Å². The molecule has 4 nitrogen and oxygen atoms in total. The van der Waals surface area contributed by atoms with Gasteiger partial charge in [0.15, 0.2) is 8.24 Å². The zero-order valence-corrected chi connectivity index (χ0v) is 14.2. The Morgan fingerprint density at radius 2 is 1.89 bits per heavy atom. The van der Waals surface area contributed by atoms with Crippen LogP contribution in [0.3, 0.4) is 0 Å². The van der Waals surface area contributed by atoms with Gasteiger partial charge in [-0.3, -0.25) is 9.59 Å². The van der Waals surface area contributed by atoms with Gasteiger partial charge in [0.1, 0.15) is 0 Å². The van der Waals surface area contributed by atoms with E-state index in [1.54, 1.807) is 0 Å². The minimum absolute atomic E-state index is 0.00627. The van der Waals surface area contributed by atoms with Crippen molar-refractivity contribution < 1.29 is 14.3 Å². The molecule has 5 heteroatoms. The van der Waals surface area contributed by atoms with Crippen LogP contribution in [-0.2, 0) is 14.3 Å². The topological polar surface area (TPSA) is 46.6 Å². The molecular formula is C14H27NO3Si. The number of rotatable bonds is 4. The van der Waals surface area contributed by atoms with E-state index in [0.29, 0.717) is 6.42 Å². The van der Waals surface area contributed by atoms with E-state index in [0.717, 1.165) is 6.42 Å². The number of amides is 1. The average molecular weight is 285 g/mol. The number of esters is 1. The molecular weight excluding hydrogens is 258 g/mol. The fourth-order valence-corrected chi connectivity index (χ4v) is 5.13. The van der Waals surface area contributed by atoms with Crippen LogP contribution in [0.5, 0.6) is 0 Å². The Morgan fingerprint density at radius 3 is 2.26 bits per heavy atom. The van der Waals surface area contributed by atoms with E-state index in [9.17, 15) is 9.59 Å². The second kappa shape index (κ2) is 5.27. The summed E-state index contributed by atoms with van der Waals surface area (Å²) in [5.74, 6) is -0.00382. The molecule has 0 aliphatic carbocycles. The maximum absolute atomic E-state index is 12.4. The molecule has 1 fully saturated rings. The molecule has 1 aliphatic heterocycles. The second-order valence-electron chi connectivity index (χ2n) is 6.88. The highest BCUT2D eigenvalue weighted by molar-refractivity contribution is 6.80. The highest BCUT2D eigenvalue weighted by atomic mass is 28.3. The van der Waals surface area contributed by atoms with Crippen molar-refractivity contribution in [2.24, 2.45) is 5.92 Å². The summed E-state index contributed by atoms with van der Waals surface area (Å²) in [5.41, 5.74) is 0. The van der Waals surface area contributed by atoms with Gasteiger partial charge in [-0.2, -0.15) is 0 Å². The molecule has 1 amide bonds. The number of β-lactam (4-membered cyclic amide) rings is 1. The average Bonchev–Trinajstić information content (AvgIpc) is 2.26. The Hall–Kier alpha value is -0.843. The second-order valence-corrected chi connectivity index (χ2v) is 12.0. The lowest BCUT2D eigenvalue weighted by atomic mass is 9.86. The van der Waals surface area contributed by atoms with Crippen molar-refractivity contribution in [3.05, 3.63) is 0 Å². The van der Waals surface area contributed by atoms with Crippen molar-refractivity contribution in [2.45, 2.75) is 64.7 Å². The molecule has 110 valence electrons. The summed E-state index contributed by atoms with van der Waals surface area (Å²) in [6.07, 6.45) is 1.12. The fourth-order valence-electron chi connectivity index (χ4n) is 2.59. The van der Waals surface area contributed by atoms with Gasteiger partial charge in [0.25, 0.3) is 0 Å². The molecule has 19 heavy (non-hydrogen) atoms. The quantitative estimate of drug-likeness (QED) is 0.453. The summed E-state index contributed by atoms with van der Waals surface area (Å²) in [6, 6.07) is 0.0332. The third-order valence-corrected chi connectivity index (χ3v) is 10.3. The van der Waals surface area contributed by atoms with Gasteiger partial charge in [-0.05, 0) is 11.5 Å². The summed E-state index contributed by atoms with van der Waals surface area (Å²) in [7, 11) is -0.506. The van der Waals surface area contributed by atoms with Gasteiger partial charge < -0.3 is 9.30 Å². The number of hydrogen-bond donors (Lipinski definition) is 0. The Morgan fingerprint density at radius 1 is 1.37 bits per heavy atom. The number of nitrogens with zero attached hydrogens (tertiary/aromatic N) is 1. The molecule has 2 unspecified atom stereocenters. The summed E-state index contributed by atoms with van der Waals surface area (Å²) < 4.78 is 6.80. The van der Waals surface area contributed by atoms with Crippen LogP contribution >= 0.6 is 0 Å². The Bertz CT molecular complexity index is 373. The third-order valence-electron chi connectivity index (χ3n) is 4.83. The first-order valence-electron chi connectivity index (χ1n) is 6.98. The van der Waals surface area contributed by atoms with E-state index in [4.69, 9.17) is 4.74 Å². The molecule has 0 radical (unpaired) electrons. The summed E-state index contributed by atoms with van der Waals surface area (Å²) in [6.45, 7) is 13.0. The highest BCUT2D eigenvalue weighted by Gasteiger charge is 2.56. The lowest BCUT2D eigenvalue weighted by Crippen LogP contribution is -2.72. The maximum Gasteiger partial charge on any atom is 0.307 e. The first-order chi connectivity index (χ1) is 8.57. The molecule has 0 bridgehead atoms. The van der Waals surface area contributed by atoms with Gasteiger partial charge in [0.05, 0.1) is 19.4 Å². The molecule has 0 saturated carbocycles. The molecule has 2 atom stereocenters. The summed E-state index contributed by atoms with van der Waals surface area (Å²) in [5, 5.41) is 0.0930. The Balaban J connectivity index is 2.98. The van der Waals surface area contributed by atoms with Crippen LogP contribution in [0.4, 0.5) is 0 Å². The maximum atomic E-state index is 12.4. The summed E-state index contributed by atoms with van der Waals surface area (Å²) >= 11 is 0. The van der Waals surface area contributed by atoms with Crippen LogP contribution < -0.4 is 0 Å². The van der Waals surface area contributed by atoms with E-state index in [2.05, 4.69) is 33.9 Å². The number of carbonyl (C=O) groups is 2. The third kappa shape index (κ3) is 2.71. The molecule has 1 aliphatic rings. The van der Waals surface area contributed by atoms with Crippen molar-refractivity contribution in [1.82, 2.24) is 4.57 Å². The van der Waals surface area contributed by atoms with Crippen molar-refractivity contribution in [1.29, 1.82) is 0 Å². The van der Waals surface area contributed by atoms with Gasteiger partial charge in [0, 0.05) is 6.04 Å². The van der Waals surface area contributed by atoms with E-state index in [1.807, 2.05) is 11.5 Å². The predicted molar refractivity (Wildman–Crippen MR) is 78.2 cm³/mol. The van der Waals surface area contributed by atoms with Gasteiger partial charge in [-0.15, -0.1) is 0 Å². The molecule has 1 saturated heterocycles. The number of hydrogen-bond acceptors (Lipinski definition) is 3. The van der Waals surface area contributed by atoms with Crippen molar-refractivity contribution in [2.75, 3.05) is 7.11 Å². The fraction of sp³-hybridized carbons (Fsp3) is 0.857. The Kier molecular flexibility index (Phi) is 4.50. The minimum Gasteiger partial charge on any atom is -0.469 e. The molecule has 1 heterocycles. The van der Waals surface area contributed by atoms with Crippen molar-refractivity contribution >= 4 is 20.1 Å². The van der Waals surface area contributed by atoms with Gasteiger partial charge in [-0.25, -0.2) is 0 Å². The van der Waals surface area contributed by atoms with E-state index in [-0.39, 0.29) is 28.9 Å². The van der Waals surface area contributed by atoms with Gasteiger partial charge >= 0.3 is 5.97 Å². The van der Waals surface area contributed by atoms with Gasteiger partial charge in [-0.1, -0.05) is 40.8 Å². The molecule has 0 aromatic carbocycles. The molecule has 0 aromatic rings. The molecule has 1 rings (SSSR count). The first-order valence-corrected chi connectivity index (χ1v) is 9.92. The number of ether oxygens (including phenoxy) is 1. The van der Waals surface area contributed by atoms with Crippen LogP contribution in [0, 0.1) is 5.92 Å². The van der Waals surface area contributed by atoms with E-state index >= 15 is 0 Å². The van der Waals surface area contributed by atoms with Gasteiger partial charge in [0.2, 0.25) is 5.91 Å². The predicted octanol–water partition coefficient (Wildman–Crippen LogP) is 2.79. The van der Waals surface area contributed by atoms with Crippen LogP contribution in [0.15, 0.2) is 0 Å². The number of methoxy groups -OCH3 is 1. The minimum atomic E-state index is -1.91. The van der Waals surface area contributed by atoms with Crippen LogP contribution in [0.25, 0.3) is 0 Å². The SMILES string of the molecule is CCC1C(=O)N([Si](C)(C)C(C)(C)C)C1CC(=O)OC. The van der Waals surface area contributed by atoms with Crippen LogP contribution in [-0.4, -0.2) is 37.8 Å². The Labute approximate surface area is 117 Å². The standard InChI is InChI=1S/C14H27NO3Si/c1-8-10-11(9-12(16)18-5)15(13(10)17)19(6,7)14(2,3)4/h10-11H,8-9H2,1-7H3. The highest BCUT2D eigenvalue weighted by Crippen LogP contribution is 2.46. The molecule has 0 N–H and O–H groups in total. The molecule has 0 spiro atoms. The number of carbonyl (C=O) groups excluding carboxylic acids is 2. The smallest absolute Gasteiger partial charge is 0.307 e. The largest absolute Gasteiger partial charge is 0.469 e. The lowest BCUT2D eigenvalue weighted by molar-refractivity contribution is -0.154. The monoisotopic (exact) mass is 285 g/mol. The van der Waals surface area contributed by atoms with Crippen LogP contribution in [0.1, 0.15) is 40.5 Å². The zero-order chi connectivity index (χ0) is 15.0. The molecule has 0 aromatic heterocycles. The summed E-state index contributed by atoms with van der Waals surface area (Å²) in [4.78, 5) is 23.9. The zero-order valence-electron chi connectivity index (χ0n) is 13.2. The normalized spacial score (nSPS) is 24.2. The van der Waals surface area contributed by atoms with E-state index < -0.39 is 8.24 Å².